The normalized spacial score (nSPS) is 12.2. The molecule has 0 heterocycles. The summed E-state index contributed by atoms with van der Waals surface area (Å²) in [6, 6.07) is 11.6. The molecule has 0 fully saturated rings. The van der Waals surface area contributed by atoms with Crippen molar-refractivity contribution in [2.24, 2.45) is 0 Å². The molecular weight excluding hydrogens is 438 g/mol. The van der Waals surface area contributed by atoms with Crippen molar-refractivity contribution in [1.82, 2.24) is 10.2 Å². The quantitative estimate of drug-likeness (QED) is 0.649. The minimum absolute atomic E-state index is 0.173. The van der Waals surface area contributed by atoms with Gasteiger partial charge in [-0.1, -0.05) is 41.4 Å². The molecule has 1 atom stereocenters. The highest BCUT2D eigenvalue weighted by molar-refractivity contribution is 7.92. The number of rotatable bonds is 8. The third-order valence-corrected chi connectivity index (χ3v) is 6.32. The summed E-state index contributed by atoms with van der Waals surface area (Å²) in [7, 11) is -2.28. The van der Waals surface area contributed by atoms with Crippen LogP contribution in [0.25, 0.3) is 0 Å². The number of amides is 2. The zero-order chi connectivity index (χ0) is 23.3. The number of hydrogen-bond donors (Lipinski definition) is 1. The van der Waals surface area contributed by atoms with Crippen LogP contribution in [0.15, 0.2) is 42.5 Å². The third kappa shape index (κ3) is 6.45. The number of halogens is 1. The van der Waals surface area contributed by atoms with Crippen molar-refractivity contribution in [1.29, 1.82) is 0 Å². The van der Waals surface area contributed by atoms with E-state index in [2.05, 4.69) is 5.32 Å². The lowest BCUT2D eigenvalue weighted by molar-refractivity contribution is -0.139. The molecule has 0 aliphatic rings. The smallest absolute Gasteiger partial charge is 0.244 e. The number of carbonyl (C=O) groups is 2. The average Bonchev–Trinajstić information content (AvgIpc) is 2.68. The van der Waals surface area contributed by atoms with Crippen LogP contribution in [0.3, 0.4) is 0 Å². The summed E-state index contributed by atoms with van der Waals surface area (Å²) in [5.74, 6) is -0.827. The fraction of sp³-hybridized carbons (Fsp3) is 0.364. The molecule has 0 saturated heterocycles. The van der Waals surface area contributed by atoms with Gasteiger partial charge in [-0.25, -0.2) is 8.42 Å². The topological polar surface area (TPSA) is 86.8 Å². The number of nitrogens with one attached hydrogen (secondary N) is 1. The Morgan fingerprint density at radius 1 is 1.13 bits per heavy atom. The van der Waals surface area contributed by atoms with Crippen molar-refractivity contribution in [3.8, 4) is 0 Å². The molecule has 2 rings (SSSR count). The fourth-order valence-electron chi connectivity index (χ4n) is 3.29. The van der Waals surface area contributed by atoms with Gasteiger partial charge in [0.25, 0.3) is 0 Å². The van der Waals surface area contributed by atoms with Crippen LogP contribution in [0.1, 0.15) is 23.6 Å². The Morgan fingerprint density at radius 2 is 1.81 bits per heavy atom. The largest absolute Gasteiger partial charge is 0.357 e. The molecule has 0 aliphatic heterocycles. The summed E-state index contributed by atoms with van der Waals surface area (Å²) in [5.41, 5.74) is 2.85. The Kier molecular flexibility index (Phi) is 8.08. The molecule has 0 aliphatic carbocycles. The predicted molar refractivity (Wildman–Crippen MR) is 124 cm³/mol. The standard InChI is InChI=1S/C22H28ClN3O4S/c1-15-7-6-8-18(11-15)13-25(17(3)22(28)24-4)21(27)14-26(31(5,29)30)20-10-9-19(23)12-16(20)2/h6-12,17H,13-14H2,1-5H3,(H,24,28)/t17-/m0/s1. The fourth-order valence-corrected chi connectivity index (χ4v) is 4.43. The van der Waals surface area contributed by atoms with Gasteiger partial charge in [-0.3, -0.25) is 13.9 Å². The second-order valence-corrected chi connectivity index (χ2v) is 9.84. The Bertz CT molecular complexity index is 1070. The van der Waals surface area contributed by atoms with E-state index in [1.165, 1.54) is 11.9 Å². The number of anilines is 1. The van der Waals surface area contributed by atoms with Crippen LogP contribution in [0.2, 0.25) is 5.02 Å². The van der Waals surface area contributed by atoms with Crippen molar-refractivity contribution in [3.05, 3.63) is 64.2 Å². The summed E-state index contributed by atoms with van der Waals surface area (Å²) in [4.78, 5) is 27.0. The molecule has 2 aromatic carbocycles. The minimum Gasteiger partial charge on any atom is -0.357 e. The first-order valence-electron chi connectivity index (χ1n) is 9.74. The lowest BCUT2D eigenvalue weighted by Gasteiger charge is -2.31. The number of aryl methyl sites for hydroxylation is 2. The van der Waals surface area contributed by atoms with Gasteiger partial charge in [-0.15, -0.1) is 0 Å². The first kappa shape index (κ1) is 24.7. The van der Waals surface area contributed by atoms with Crippen molar-refractivity contribution < 1.29 is 18.0 Å². The molecule has 0 bridgehead atoms. The van der Waals surface area contributed by atoms with Crippen molar-refractivity contribution in [2.75, 3.05) is 24.2 Å². The highest BCUT2D eigenvalue weighted by Gasteiger charge is 2.30. The maximum atomic E-state index is 13.3. The van der Waals surface area contributed by atoms with Crippen LogP contribution >= 0.6 is 11.6 Å². The molecule has 0 spiro atoms. The monoisotopic (exact) mass is 465 g/mol. The Hall–Kier alpha value is -2.58. The molecule has 2 aromatic rings. The number of hydrogen-bond acceptors (Lipinski definition) is 4. The highest BCUT2D eigenvalue weighted by atomic mass is 35.5. The molecule has 0 radical (unpaired) electrons. The maximum Gasteiger partial charge on any atom is 0.244 e. The van der Waals surface area contributed by atoms with E-state index in [1.54, 1.807) is 32.0 Å². The van der Waals surface area contributed by atoms with E-state index in [4.69, 9.17) is 11.6 Å². The van der Waals surface area contributed by atoms with Gasteiger partial charge in [0.05, 0.1) is 11.9 Å². The average molecular weight is 466 g/mol. The van der Waals surface area contributed by atoms with E-state index in [1.807, 2.05) is 31.2 Å². The number of likely N-dealkylation sites (N-methyl/N-ethyl adjacent to an activating group) is 1. The molecule has 1 N–H and O–H groups in total. The summed E-state index contributed by atoms with van der Waals surface area (Å²) in [6.07, 6.45) is 1.04. The van der Waals surface area contributed by atoms with Gasteiger partial charge < -0.3 is 10.2 Å². The highest BCUT2D eigenvalue weighted by Crippen LogP contribution is 2.26. The lowest BCUT2D eigenvalue weighted by Crippen LogP contribution is -2.50. The van der Waals surface area contributed by atoms with Crippen LogP contribution in [0, 0.1) is 13.8 Å². The summed E-state index contributed by atoms with van der Waals surface area (Å²) in [5, 5.41) is 3.02. The summed E-state index contributed by atoms with van der Waals surface area (Å²) in [6.45, 7) is 5.01. The molecule has 0 saturated carbocycles. The number of carbonyl (C=O) groups excluding carboxylic acids is 2. The molecule has 0 unspecified atom stereocenters. The van der Waals surface area contributed by atoms with Gasteiger partial charge in [0.2, 0.25) is 21.8 Å². The first-order chi connectivity index (χ1) is 14.4. The Labute approximate surface area is 189 Å². The predicted octanol–water partition coefficient (Wildman–Crippen LogP) is 2.89. The molecule has 0 aromatic heterocycles. The van der Waals surface area contributed by atoms with E-state index >= 15 is 0 Å². The number of sulfonamides is 1. The van der Waals surface area contributed by atoms with Crippen LogP contribution in [0.5, 0.6) is 0 Å². The van der Waals surface area contributed by atoms with Crippen LogP contribution in [0.4, 0.5) is 5.69 Å². The zero-order valence-corrected chi connectivity index (χ0v) is 19.9. The second kappa shape index (κ2) is 10.2. The summed E-state index contributed by atoms with van der Waals surface area (Å²) >= 11 is 6.00. The van der Waals surface area contributed by atoms with Crippen molar-refractivity contribution >= 4 is 39.1 Å². The van der Waals surface area contributed by atoms with Gasteiger partial charge in [0, 0.05) is 18.6 Å². The van der Waals surface area contributed by atoms with E-state index in [9.17, 15) is 18.0 Å². The van der Waals surface area contributed by atoms with E-state index < -0.39 is 28.5 Å². The second-order valence-electron chi connectivity index (χ2n) is 7.50. The molecule has 7 nitrogen and oxygen atoms in total. The van der Waals surface area contributed by atoms with Crippen molar-refractivity contribution in [2.45, 2.75) is 33.4 Å². The maximum absolute atomic E-state index is 13.3. The van der Waals surface area contributed by atoms with Crippen LogP contribution in [-0.2, 0) is 26.2 Å². The van der Waals surface area contributed by atoms with E-state index in [0.29, 0.717) is 16.3 Å². The van der Waals surface area contributed by atoms with Crippen LogP contribution < -0.4 is 9.62 Å². The molecule has 2 amide bonds. The molecule has 168 valence electrons. The Morgan fingerprint density at radius 3 is 2.35 bits per heavy atom. The van der Waals surface area contributed by atoms with Crippen molar-refractivity contribution in [3.63, 3.8) is 0 Å². The number of nitrogens with zero attached hydrogens (tertiary/aromatic N) is 2. The van der Waals surface area contributed by atoms with Gasteiger partial charge in [-0.05, 0) is 50.1 Å². The molecular formula is C22H28ClN3O4S. The molecule has 31 heavy (non-hydrogen) atoms. The third-order valence-electron chi connectivity index (χ3n) is 4.96. The minimum atomic E-state index is -3.77. The first-order valence-corrected chi connectivity index (χ1v) is 12.0. The van der Waals surface area contributed by atoms with Gasteiger partial charge in [0.15, 0.2) is 0 Å². The van der Waals surface area contributed by atoms with Gasteiger partial charge in [-0.2, -0.15) is 0 Å². The van der Waals surface area contributed by atoms with Gasteiger partial charge in [0.1, 0.15) is 12.6 Å². The Balaban J connectivity index is 2.42. The molecule has 9 heteroatoms. The SMILES string of the molecule is CNC(=O)[C@H](C)N(Cc1cccc(C)c1)C(=O)CN(c1ccc(Cl)cc1C)S(C)(=O)=O. The van der Waals surface area contributed by atoms with Gasteiger partial charge >= 0.3 is 0 Å². The van der Waals surface area contributed by atoms with E-state index in [-0.39, 0.29) is 12.5 Å². The van der Waals surface area contributed by atoms with Crippen LogP contribution in [-0.4, -0.2) is 51.0 Å². The number of benzene rings is 2. The summed E-state index contributed by atoms with van der Waals surface area (Å²) < 4.78 is 26.1. The lowest BCUT2D eigenvalue weighted by atomic mass is 10.1. The zero-order valence-electron chi connectivity index (χ0n) is 18.3. The van der Waals surface area contributed by atoms with E-state index in [0.717, 1.165) is 21.7 Å².